The Morgan fingerprint density at radius 1 is 0.828 bits per heavy atom. The van der Waals surface area contributed by atoms with Gasteiger partial charge in [-0.25, -0.2) is 0 Å². The number of amides is 3. The molecular formula is C22H26N4O3. The van der Waals surface area contributed by atoms with Crippen LogP contribution < -0.4 is 10.2 Å². The van der Waals surface area contributed by atoms with Gasteiger partial charge in [-0.05, 0) is 36.4 Å². The fraction of sp³-hybridized carbons (Fsp3) is 0.318. The number of carbonyl (C=O) groups excluding carboxylic acids is 3. The van der Waals surface area contributed by atoms with Crippen LogP contribution in [0.4, 0.5) is 5.69 Å². The Labute approximate surface area is 170 Å². The Kier molecular flexibility index (Phi) is 6.49. The lowest BCUT2D eigenvalue weighted by Gasteiger charge is -2.35. The molecule has 1 N–H and O–H groups in total. The number of anilines is 1. The zero-order valence-corrected chi connectivity index (χ0v) is 16.8. The first-order chi connectivity index (χ1) is 14.0. The maximum absolute atomic E-state index is 12.7. The van der Waals surface area contributed by atoms with E-state index in [9.17, 15) is 14.4 Å². The highest BCUT2D eigenvalue weighted by molar-refractivity contribution is 5.96. The van der Waals surface area contributed by atoms with Crippen molar-refractivity contribution in [2.24, 2.45) is 0 Å². The van der Waals surface area contributed by atoms with Crippen molar-refractivity contribution in [1.82, 2.24) is 15.1 Å². The van der Waals surface area contributed by atoms with Crippen molar-refractivity contribution in [3.05, 3.63) is 65.7 Å². The molecule has 7 nitrogen and oxygen atoms in total. The topological polar surface area (TPSA) is 73.0 Å². The number of rotatable bonds is 5. The Balaban J connectivity index is 1.47. The van der Waals surface area contributed by atoms with Crippen molar-refractivity contribution in [1.29, 1.82) is 0 Å². The second-order valence-electron chi connectivity index (χ2n) is 7.16. The summed E-state index contributed by atoms with van der Waals surface area (Å²) in [5.41, 5.74) is 2.20. The molecule has 1 saturated heterocycles. The number of piperazine rings is 1. The Morgan fingerprint density at radius 2 is 1.41 bits per heavy atom. The van der Waals surface area contributed by atoms with Crippen LogP contribution in [0.3, 0.4) is 0 Å². The van der Waals surface area contributed by atoms with E-state index in [1.807, 2.05) is 49.3 Å². The molecule has 152 valence electrons. The standard InChI is InChI=1S/C22H26N4O3/c1-24(2)19-10-8-18(9-11-19)22(29)26-14-12-25(13-15-26)20(27)16-23-21(28)17-6-4-3-5-7-17/h3-11H,12-16H2,1-2H3,(H,23,28). The van der Waals surface area contributed by atoms with Crippen molar-refractivity contribution < 1.29 is 14.4 Å². The van der Waals surface area contributed by atoms with Crippen LogP contribution in [0.5, 0.6) is 0 Å². The number of nitrogens with zero attached hydrogens (tertiary/aromatic N) is 3. The normalized spacial score (nSPS) is 13.7. The minimum atomic E-state index is -0.270. The molecule has 0 radical (unpaired) electrons. The van der Waals surface area contributed by atoms with Gasteiger partial charge >= 0.3 is 0 Å². The van der Waals surface area contributed by atoms with E-state index >= 15 is 0 Å². The van der Waals surface area contributed by atoms with Crippen LogP contribution in [0.15, 0.2) is 54.6 Å². The first kappa shape index (κ1) is 20.4. The average Bonchev–Trinajstić information content (AvgIpc) is 2.77. The summed E-state index contributed by atoms with van der Waals surface area (Å²) in [6.07, 6.45) is 0. The summed E-state index contributed by atoms with van der Waals surface area (Å²) in [6, 6.07) is 16.3. The van der Waals surface area contributed by atoms with E-state index in [4.69, 9.17) is 0 Å². The molecule has 1 heterocycles. The minimum Gasteiger partial charge on any atom is -0.378 e. The summed E-state index contributed by atoms with van der Waals surface area (Å²) < 4.78 is 0. The van der Waals surface area contributed by atoms with Gasteiger partial charge in [-0.15, -0.1) is 0 Å². The van der Waals surface area contributed by atoms with Gasteiger partial charge in [-0.2, -0.15) is 0 Å². The predicted octanol–water partition coefficient (Wildman–Crippen LogP) is 1.47. The van der Waals surface area contributed by atoms with E-state index < -0.39 is 0 Å². The number of nitrogens with one attached hydrogen (secondary N) is 1. The molecule has 2 aromatic carbocycles. The molecule has 0 bridgehead atoms. The van der Waals surface area contributed by atoms with Gasteiger partial charge in [0.15, 0.2) is 0 Å². The van der Waals surface area contributed by atoms with E-state index in [0.717, 1.165) is 5.69 Å². The van der Waals surface area contributed by atoms with Crippen LogP contribution in [0.25, 0.3) is 0 Å². The number of carbonyl (C=O) groups is 3. The molecule has 0 aliphatic carbocycles. The molecule has 7 heteroatoms. The van der Waals surface area contributed by atoms with E-state index in [1.54, 1.807) is 34.1 Å². The van der Waals surface area contributed by atoms with Crippen molar-refractivity contribution in [2.75, 3.05) is 51.7 Å². The summed E-state index contributed by atoms with van der Waals surface area (Å²) in [5.74, 6) is -0.439. The molecule has 2 aromatic rings. The lowest BCUT2D eigenvalue weighted by molar-refractivity contribution is -0.131. The highest BCUT2D eigenvalue weighted by atomic mass is 16.2. The summed E-state index contributed by atoms with van der Waals surface area (Å²) in [4.78, 5) is 42.6. The first-order valence-corrected chi connectivity index (χ1v) is 9.63. The van der Waals surface area contributed by atoms with Crippen molar-refractivity contribution in [3.63, 3.8) is 0 Å². The molecule has 3 rings (SSSR count). The predicted molar refractivity (Wildman–Crippen MR) is 112 cm³/mol. The van der Waals surface area contributed by atoms with E-state index in [-0.39, 0.29) is 24.3 Å². The third-order valence-corrected chi connectivity index (χ3v) is 4.99. The molecular weight excluding hydrogens is 368 g/mol. The monoisotopic (exact) mass is 394 g/mol. The number of hydrogen-bond donors (Lipinski definition) is 1. The smallest absolute Gasteiger partial charge is 0.253 e. The molecule has 0 unspecified atom stereocenters. The quantitative estimate of drug-likeness (QED) is 0.834. The molecule has 0 aromatic heterocycles. The lowest BCUT2D eigenvalue weighted by atomic mass is 10.1. The Hall–Kier alpha value is -3.35. The van der Waals surface area contributed by atoms with Gasteiger partial charge in [0.05, 0.1) is 6.54 Å². The van der Waals surface area contributed by atoms with Crippen molar-refractivity contribution in [3.8, 4) is 0 Å². The van der Waals surface area contributed by atoms with Crippen molar-refractivity contribution in [2.45, 2.75) is 0 Å². The van der Waals surface area contributed by atoms with Crippen LogP contribution >= 0.6 is 0 Å². The van der Waals surface area contributed by atoms with Gasteiger partial charge < -0.3 is 20.0 Å². The van der Waals surface area contributed by atoms with Gasteiger partial charge in [0.25, 0.3) is 11.8 Å². The third kappa shape index (κ3) is 5.13. The highest BCUT2D eigenvalue weighted by Crippen LogP contribution is 2.15. The number of benzene rings is 2. The largest absolute Gasteiger partial charge is 0.378 e. The van der Waals surface area contributed by atoms with Crippen LogP contribution in [-0.4, -0.2) is 74.3 Å². The van der Waals surface area contributed by atoms with Crippen LogP contribution in [0.2, 0.25) is 0 Å². The second-order valence-corrected chi connectivity index (χ2v) is 7.16. The SMILES string of the molecule is CN(C)c1ccc(C(=O)N2CCN(C(=O)CNC(=O)c3ccccc3)CC2)cc1. The van der Waals surface area contributed by atoms with Gasteiger partial charge in [0.1, 0.15) is 0 Å². The summed E-state index contributed by atoms with van der Waals surface area (Å²) >= 11 is 0. The van der Waals surface area contributed by atoms with E-state index in [1.165, 1.54) is 0 Å². The molecule has 0 saturated carbocycles. The van der Waals surface area contributed by atoms with Crippen molar-refractivity contribution >= 4 is 23.4 Å². The fourth-order valence-electron chi connectivity index (χ4n) is 3.20. The maximum atomic E-state index is 12.7. The Bertz CT molecular complexity index is 857. The zero-order chi connectivity index (χ0) is 20.8. The maximum Gasteiger partial charge on any atom is 0.253 e. The number of hydrogen-bond acceptors (Lipinski definition) is 4. The van der Waals surface area contributed by atoms with E-state index in [2.05, 4.69) is 5.32 Å². The van der Waals surface area contributed by atoms with Gasteiger partial charge in [-0.1, -0.05) is 18.2 Å². The first-order valence-electron chi connectivity index (χ1n) is 9.63. The summed E-state index contributed by atoms with van der Waals surface area (Å²) in [7, 11) is 3.91. The summed E-state index contributed by atoms with van der Waals surface area (Å²) in [6.45, 7) is 1.83. The molecule has 1 fully saturated rings. The van der Waals surface area contributed by atoms with Gasteiger partial charge in [-0.3, -0.25) is 14.4 Å². The van der Waals surface area contributed by atoms with Crippen LogP contribution in [0.1, 0.15) is 20.7 Å². The van der Waals surface area contributed by atoms with Crippen LogP contribution in [-0.2, 0) is 4.79 Å². The molecule has 1 aliphatic heterocycles. The second kappa shape index (κ2) is 9.23. The molecule has 0 spiro atoms. The molecule has 3 amide bonds. The van der Waals surface area contributed by atoms with Crippen LogP contribution in [0, 0.1) is 0 Å². The zero-order valence-electron chi connectivity index (χ0n) is 16.8. The fourth-order valence-corrected chi connectivity index (χ4v) is 3.20. The third-order valence-electron chi connectivity index (χ3n) is 4.99. The minimum absolute atomic E-state index is 0.0280. The van der Waals surface area contributed by atoms with Gasteiger partial charge in [0.2, 0.25) is 5.91 Å². The Morgan fingerprint density at radius 3 is 2.00 bits per heavy atom. The molecule has 29 heavy (non-hydrogen) atoms. The highest BCUT2D eigenvalue weighted by Gasteiger charge is 2.25. The van der Waals surface area contributed by atoms with Gasteiger partial charge in [0, 0.05) is 57.1 Å². The van der Waals surface area contributed by atoms with E-state index in [0.29, 0.717) is 37.3 Å². The molecule has 0 atom stereocenters. The summed E-state index contributed by atoms with van der Waals surface area (Å²) in [5, 5.41) is 2.66. The average molecular weight is 394 g/mol. The molecule has 1 aliphatic rings. The lowest BCUT2D eigenvalue weighted by Crippen LogP contribution is -2.52.